The number of pyridine rings is 1. The molecule has 0 unspecified atom stereocenters. The highest BCUT2D eigenvalue weighted by Gasteiger charge is 2.30. The van der Waals surface area contributed by atoms with Gasteiger partial charge in [-0.25, -0.2) is 15.0 Å². The predicted molar refractivity (Wildman–Crippen MR) is 180 cm³/mol. The molecule has 1 N–H and O–H groups in total. The first-order chi connectivity index (χ1) is 22.6. The van der Waals surface area contributed by atoms with Crippen molar-refractivity contribution in [1.29, 1.82) is 0 Å². The van der Waals surface area contributed by atoms with Crippen molar-refractivity contribution in [2.75, 3.05) is 0 Å². The normalized spacial score (nSPS) is 11.3. The minimum atomic E-state index is -0.547. The van der Waals surface area contributed by atoms with Crippen LogP contribution in [0.25, 0.3) is 61.4 Å². The fraction of sp³-hybridized carbons (Fsp3) is 0. The molecule has 0 fully saturated rings. The zero-order chi connectivity index (χ0) is 31.2. The molecular weight excluding hydrogens is 572 g/mol. The summed E-state index contributed by atoms with van der Waals surface area (Å²) < 4.78 is 1.49. The highest BCUT2D eigenvalue weighted by molar-refractivity contribution is 6.18. The summed E-state index contributed by atoms with van der Waals surface area (Å²) >= 11 is 0. The minimum Gasteiger partial charge on any atom is -0.506 e. The summed E-state index contributed by atoms with van der Waals surface area (Å²) in [6, 6.07) is 42.1. The molecule has 0 saturated heterocycles. The Labute approximate surface area is 262 Å². The number of hydrogen-bond acceptors (Lipinski definition) is 6. The summed E-state index contributed by atoms with van der Waals surface area (Å²) in [6.07, 6.45) is 0. The van der Waals surface area contributed by atoms with Crippen molar-refractivity contribution in [1.82, 2.24) is 19.4 Å². The molecule has 3 heterocycles. The van der Waals surface area contributed by atoms with Gasteiger partial charge in [-0.05, 0) is 24.3 Å². The number of ketones is 1. The van der Waals surface area contributed by atoms with Gasteiger partial charge >= 0.3 is 0 Å². The van der Waals surface area contributed by atoms with E-state index in [-0.39, 0.29) is 22.3 Å². The Bertz CT molecular complexity index is 2510. The summed E-state index contributed by atoms with van der Waals surface area (Å²) in [6.45, 7) is 0. The molecule has 7 heteroatoms. The lowest BCUT2D eigenvalue weighted by atomic mass is 9.94. The van der Waals surface area contributed by atoms with E-state index in [4.69, 9.17) is 15.0 Å². The number of fused-ring (bicyclic) bond motifs is 4. The van der Waals surface area contributed by atoms with E-state index in [0.29, 0.717) is 50.1 Å². The van der Waals surface area contributed by atoms with Gasteiger partial charge in [0.15, 0.2) is 5.78 Å². The standard InChI is InChI=1S/C39H24N4O3/c44-37(26-18-8-3-9-19-26)32-36-34(25-16-6-2-7-17-25)42-29-22-12-13-23-30(29)43(36)39(46)31(38(32)45)35-33(24-14-4-1-5-15-24)40-27-20-10-11-21-28(27)41-35/h1-23,45H. The Kier molecular flexibility index (Phi) is 6.43. The average molecular weight is 597 g/mol. The maximum Gasteiger partial charge on any atom is 0.269 e. The van der Waals surface area contributed by atoms with E-state index in [1.165, 1.54) is 4.40 Å². The van der Waals surface area contributed by atoms with Crippen LogP contribution in [0.15, 0.2) is 144 Å². The molecule has 0 amide bonds. The van der Waals surface area contributed by atoms with Gasteiger partial charge in [-0.3, -0.25) is 14.0 Å². The van der Waals surface area contributed by atoms with Crippen LogP contribution in [0, 0.1) is 0 Å². The van der Waals surface area contributed by atoms with Crippen molar-refractivity contribution < 1.29 is 9.90 Å². The number of aromatic nitrogens is 4. The summed E-state index contributed by atoms with van der Waals surface area (Å²) in [5, 5.41) is 12.3. The van der Waals surface area contributed by atoms with Crippen LogP contribution >= 0.6 is 0 Å². The molecule has 8 aromatic rings. The van der Waals surface area contributed by atoms with Crippen molar-refractivity contribution in [2.45, 2.75) is 0 Å². The Morgan fingerprint density at radius 3 is 1.65 bits per heavy atom. The number of hydrogen-bond donors (Lipinski definition) is 1. The lowest BCUT2D eigenvalue weighted by molar-refractivity contribution is 0.103. The van der Waals surface area contributed by atoms with Gasteiger partial charge in [-0.2, -0.15) is 0 Å². The number of carbonyl (C=O) groups is 1. The first-order valence-electron chi connectivity index (χ1n) is 14.8. The Hall–Kier alpha value is -6.47. The number of benzene rings is 5. The Morgan fingerprint density at radius 2 is 1.02 bits per heavy atom. The molecule has 0 radical (unpaired) electrons. The summed E-state index contributed by atoms with van der Waals surface area (Å²) in [5.74, 6) is -0.934. The number of aromatic hydroxyl groups is 1. The van der Waals surface area contributed by atoms with Gasteiger partial charge in [-0.15, -0.1) is 0 Å². The molecule has 218 valence electrons. The molecule has 8 rings (SSSR count). The van der Waals surface area contributed by atoms with Crippen molar-refractivity contribution >= 4 is 33.4 Å². The van der Waals surface area contributed by atoms with E-state index in [1.54, 1.807) is 36.4 Å². The quantitative estimate of drug-likeness (QED) is 0.161. The molecule has 5 aromatic carbocycles. The molecule has 46 heavy (non-hydrogen) atoms. The zero-order valence-electron chi connectivity index (χ0n) is 24.3. The number of para-hydroxylation sites is 4. The van der Waals surface area contributed by atoms with Gasteiger partial charge in [0.2, 0.25) is 0 Å². The SMILES string of the molecule is O=C(c1ccccc1)c1c(O)c(-c2nc3ccccc3nc2-c2ccccc2)c(=O)n2c1c(-c1ccccc1)nc1ccccc12. The molecule has 0 bridgehead atoms. The second-order valence-electron chi connectivity index (χ2n) is 10.9. The second-order valence-corrected chi connectivity index (χ2v) is 10.9. The van der Waals surface area contributed by atoms with Crippen LogP contribution in [0.3, 0.4) is 0 Å². The van der Waals surface area contributed by atoms with Gasteiger partial charge in [0.05, 0.1) is 44.5 Å². The summed E-state index contributed by atoms with van der Waals surface area (Å²) in [7, 11) is 0. The van der Waals surface area contributed by atoms with E-state index >= 15 is 0 Å². The molecule has 0 aliphatic carbocycles. The van der Waals surface area contributed by atoms with Crippen molar-refractivity contribution in [3.63, 3.8) is 0 Å². The van der Waals surface area contributed by atoms with Crippen LogP contribution in [0.5, 0.6) is 5.75 Å². The van der Waals surface area contributed by atoms with Crippen LogP contribution in [-0.4, -0.2) is 30.2 Å². The van der Waals surface area contributed by atoms with E-state index in [2.05, 4.69) is 0 Å². The van der Waals surface area contributed by atoms with Crippen LogP contribution in [0.1, 0.15) is 15.9 Å². The lowest BCUT2D eigenvalue weighted by Gasteiger charge is -2.19. The predicted octanol–water partition coefficient (Wildman–Crippen LogP) is 7.73. The van der Waals surface area contributed by atoms with Gasteiger partial charge in [0.25, 0.3) is 5.56 Å². The second kappa shape index (κ2) is 10.9. The third-order valence-corrected chi connectivity index (χ3v) is 8.10. The molecule has 7 nitrogen and oxygen atoms in total. The molecule has 0 saturated carbocycles. The van der Waals surface area contributed by atoms with Gasteiger partial charge in [0, 0.05) is 16.7 Å². The monoisotopic (exact) mass is 596 g/mol. The molecule has 0 aliphatic rings. The van der Waals surface area contributed by atoms with Crippen molar-refractivity contribution in [3.05, 3.63) is 161 Å². The van der Waals surface area contributed by atoms with Crippen LogP contribution < -0.4 is 5.56 Å². The third kappa shape index (κ3) is 4.33. The summed E-state index contributed by atoms with van der Waals surface area (Å²) in [4.78, 5) is 44.3. The third-order valence-electron chi connectivity index (χ3n) is 8.10. The lowest BCUT2D eigenvalue weighted by Crippen LogP contribution is -2.22. The maximum atomic E-state index is 15.0. The van der Waals surface area contributed by atoms with E-state index < -0.39 is 17.1 Å². The van der Waals surface area contributed by atoms with Crippen LogP contribution in [0.4, 0.5) is 0 Å². The zero-order valence-corrected chi connectivity index (χ0v) is 24.3. The van der Waals surface area contributed by atoms with Crippen molar-refractivity contribution in [3.8, 4) is 39.5 Å². The molecule has 3 aromatic heterocycles. The first kappa shape index (κ1) is 27.1. The molecule has 0 aliphatic heterocycles. The first-order valence-corrected chi connectivity index (χ1v) is 14.8. The highest BCUT2D eigenvalue weighted by atomic mass is 16.3. The van der Waals surface area contributed by atoms with Gasteiger partial charge in [0.1, 0.15) is 17.0 Å². The van der Waals surface area contributed by atoms with E-state index in [9.17, 15) is 14.7 Å². The maximum absolute atomic E-state index is 15.0. The fourth-order valence-electron chi connectivity index (χ4n) is 5.97. The minimum absolute atomic E-state index is 0.0492. The topological polar surface area (TPSA) is 97.5 Å². The molecule has 0 atom stereocenters. The highest BCUT2D eigenvalue weighted by Crippen LogP contribution is 2.40. The fourth-order valence-corrected chi connectivity index (χ4v) is 5.97. The Balaban J connectivity index is 1.60. The van der Waals surface area contributed by atoms with E-state index in [0.717, 1.165) is 0 Å². The smallest absolute Gasteiger partial charge is 0.269 e. The largest absolute Gasteiger partial charge is 0.506 e. The molecular formula is C39H24N4O3. The number of nitrogens with zero attached hydrogens (tertiary/aromatic N) is 4. The van der Waals surface area contributed by atoms with Crippen LogP contribution in [0.2, 0.25) is 0 Å². The molecule has 0 spiro atoms. The Morgan fingerprint density at radius 1 is 0.543 bits per heavy atom. The number of rotatable bonds is 5. The summed E-state index contributed by atoms with van der Waals surface area (Å²) in [5.41, 5.74) is 4.43. The van der Waals surface area contributed by atoms with E-state index in [1.807, 2.05) is 103 Å². The average Bonchev–Trinajstić information content (AvgIpc) is 3.12. The number of carbonyl (C=O) groups excluding carboxylic acids is 1. The van der Waals surface area contributed by atoms with Crippen LogP contribution in [-0.2, 0) is 0 Å². The van der Waals surface area contributed by atoms with Crippen molar-refractivity contribution in [2.24, 2.45) is 0 Å². The van der Waals surface area contributed by atoms with Gasteiger partial charge in [-0.1, -0.05) is 115 Å². The van der Waals surface area contributed by atoms with Gasteiger partial charge < -0.3 is 5.11 Å².